The zero-order chi connectivity index (χ0) is 8.20. The van der Waals surface area contributed by atoms with Gasteiger partial charge in [-0.25, -0.2) is 0 Å². The molecule has 2 nitrogen and oxygen atoms in total. The molecule has 1 N–H and O–H groups in total. The van der Waals surface area contributed by atoms with Crippen molar-refractivity contribution < 1.29 is 5.11 Å². The van der Waals surface area contributed by atoms with Crippen LogP contribution in [0, 0.1) is 11.3 Å². The highest BCUT2D eigenvalue weighted by Gasteiger charge is 2.19. The van der Waals surface area contributed by atoms with Gasteiger partial charge in [0.15, 0.2) is 0 Å². The Hall–Kier alpha value is -0.200. The number of hydrogen-bond acceptors (Lipinski definition) is 3. The summed E-state index contributed by atoms with van der Waals surface area (Å²) in [4.78, 5) is 0. The third-order valence-corrected chi connectivity index (χ3v) is 2.28. The lowest BCUT2D eigenvalue weighted by molar-refractivity contribution is 0.265. The molecule has 0 aliphatic carbocycles. The average molecular weight is 159 g/mol. The second-order valence-corrected chi connectivity index (χ2v) is 4.85. The van der Waals surface area contributed by atoms with E-state index in [1.165, 1.54) is 11.8 Å². The molecule has 0 fully saturated rings. The van der Waals surface area contributed by atoms with Crippen molar-refractivity contribution >= 4 is 11.8 Å². The van der Waals surface area contributed by atoms with Crippen LogP contribution in [-0.4, -0.2) is 21.7 Å². The average Bonchev–Trinajstić information content (AvgIpc) is 1.87. The van der Waals surface area contributed by atoms with E-state index in [9.17, 15) is 0 Å². The highest BCUT2D eigenvalue weighted by Crippen LogP contribution is 2.27. The molecule has 0 aromatic rings. The van der Waals surface area contributed by atoms with E-state index in [4.69, 9.17) is 10.4 Å². The lowest BCUT2D eigenvalue weighted by atomic mass is 10.2. The summed E-state index contributed by atoms with van der Waals surface area (Å²) in [5, 5.41) is 17.2. The van der Waals surface area contributed by atoms with Crippen molar-refractivity contribution in [1.82, 2.24) is 0 Å². The second kappa shape index (κ2) is 3.85. The summed E-state index contributed by atoms with van der Waals surface area (Å²) >= 11 is 1.49. The predicted octanol–water partition coefficient (Wildman–Crippen LogP) is 1.40. The van der Waals surface area contributed by atoms with Gasteiger partial charge >= 0.3 is 0 Å². The van der Waals surface area contributed by atoms with Gasteiger partial charge < -0.3 is 5.11 Å². The van der Waals surface area contributed by atoms with Crippen molar-refractivity contribution in [3.8, 4) is 6.07 Å². The first-order chi connectivity index (χ1) is 4.52. The zero-order valence-electron chi connectivity index (χ0n) is 6.59. The molecule has 0 bridgehead atoms. The molecule has 0 radical (unpaired) electrons. The van der Waals surface area contributed by atoms with Gasteiger partial charge in [0.2, 0.25) is 0 Å². The standard InChI is InChI=1S/C7H13NOS/c1-6(4-8)10-7(2,3)5-9/h6,9H,5H2,1-3H3. The maximum Gasteiger partial charge on any atom is 0.0894 e. The molecule has 1 unspecified atom stereocenters. The minimum atomic E-state index is -0.185. The number of thioether (sulfide) groups is 1. The Morgan fingerprint density at radius 3 is 2.50 bits per heavy atom. The molecule has 0 aliphatic heterocycles. The van der Waals surface area contributed by atoms with Crippen molar-refractivity contribution in [2.24, 2.45) is 0 Å². The van der Waals surface area contributed by atoms with Crippen molar-refractivity contribution in [2.45, 2.75) is 30.8 Å². The minimum absolute atomic E-state index is 0.0397. The second-order valence-electron chi connectivity index (χ2n) is 2.81. The van der Waals surface area contributed by atoms with Crippen molar-refractivity contribution in [3.05, 3.63) is 0 Å². The summed E-state index contributed by atoms with van der Waals surface area (Å²) in [6.07, 6.45) is 0. The number of aliphatic hydroxyl groups is 1. The number of hydrogen-bond donors (Lipinski definition) is 1. The Bertz CT molecular complexity index is 139. The monoisotopic (exact) mass is 159 g/mol. The Labute approximate surface area is 66.2 Å². The molecule has 0 saturated carbocycles. The van der Waals surface area contributed by atoms with E-state index in [0.29, 0.717) is 0 Å². The van der Waals surface area contributed by atoms with Crippen molar-refractivity contribution in [1.29, 1.82) is 5.26 Å². The first-order valence-corrected chi connectivity index (χ1v) is 4.08. The molecule has 0 aromatic carbocycles. The maximum atomic E-state index is 8.81. The summed E-state index contributed by atoms with van der Waals surface area (Å²) in [6, 6.07) is 2.11. The molecule has 10 heavy (non-hydrogen) atoms. The van der Waals surface area contributed by atoms with Gasteiger partial charge in [-0.1, -0.05) is 0 Å². The van der Waals surface area contributed by atoms with Crippen molar-refractivity contribution in [2.75, 3.05) is 6.61 Å². The molecule has 0 spiro atoms. The number of aliphatic hydroxyl groups excluding tert-OH is 1. The molecule has 0 aromatic heterocycles. The number of rotatable bonds is 3. The van der Waals surface area contributed by atoms with E-state index in [1.54, 1.807) is 0 Å². The van der Waals surface area contributed by atoms with Crippen LogP contribution in [0.1, 0.15) is 20.8 Å². The molecule has 3 heteroatoms. The van der Waals surface area contributed by atoms with Crippen LogP contribution in [0.25, 0.3) is 0 Å². The molecule has 58 valence electrons. The predicted molar refractivity (Wildman–Crippen MR) is 43.8 cm³/mol. The van der Waals surface area contributed by atoms with Crippen LogP contribution in [0.15, 0.2) is 0 Å². The Morgan fingerprint density at radius 1 is 1.70 bits per heavy atom. The molecular formula is C7H13NOS. The molecular weight excluding hydrogens is 146 g/mol. The van der Waals surface area contributed by atoms with E-state index < -0.39 is 0 Å². The van der Waals surface area contributed by atoms with Gasteiger partial charge in [0.25, 0.3) is 0 Å². The van der Waals surface area contributed by atoms with Crippen LogP contribution in [0.4, 0.5) is 0 Å². The summed E-state index contributed by atoms with van der Waals surface area (Å²) in [6.45, 7) is 5.79. The molecule has 0 amide bonds. The number of nitrogens with zero attached hydrogens (tertiary/aromatic N) is 1. The Balaban J connectivity index is 3.79. The van der Waals surface area contributed by atoms with E-state index in [0.717, 1.165) is 0 Å². The fourth-order valence-corrected chi connectivity index (χ4v) is 1.63. The maximum absolute atomic E-state index is 8.81. The molecule has 0 aliphatic rings. The highest BCUT2D eigenvalue weighted by molar-refractivity contribution is 8.01. The van der Waals surface area contributed by atoms with Gasteiger partial charge in [0.1, 0.15) is 0 Å². The van der Waals surface area contributed by atoms with Gasteiger partial charge in [0, 0.05) is 4.75 Å². The van der Waals surface area contributed by atoms with E-state index in [-0.39, 0.29) is 16.6 Å². The highest BCUT2D eigenvalue weighted by atomic mass is 32.2. The van der Waals surface area contributed by atoms with Crippen LogP contribution < -0.4 is 0 Å². The van der Waals surface area contributed by atoms with Crippen LogP contribution in [-0.2, 0) is 0 Å². The molecule has 0 saturated heterocycles. The Kier molecular flexibility index (Phi) is 3.77. The molecule has 0 heterocycles. The van der Waals surface area contributed by atoms with E-state index in [1.807, 2.05) is 20.8 Å². The van der Waals surface area contributed by atoms with Crippen LogP contribution in [0.3, 0.4) is 0 Å². The van der Waals surface area contributed by atoms with E-state index >= 15 is 0 Å². The smallest absolute Gasteiger partial charge is 0.0894 e. The lowest BCUT2D eigenvalue weighted by Crippen LogP contribution is -2.22. The van der Waals surface area contributed by atoms with Gasteiger partial charge in [-0.2, -0.15) is 5.26 Å². The van der Waals surface area contributed by atoms with Crippen LogP contribution >= 0.6 is 11.8 Å². The SMILES string of the molecule is CC(C#N)SC(C)(C)CO. The number of nitriles is 1. The molecule has 1 atom stereocenters. The quantitative estimate of drug-likeness (QED) is 0.677. The fourth-order valence-electron chi connectivity index (χ4n) is 0.542. The third-order valence-electron chi connectivity index (χ3n) is 1.06. The zero-order valence-corrected chi connectivity index (χ0v) is 7.40. The van der Waals surface area contributed by atoms with Gasteiger partial charge in [0.05, 0.1) is 17.9 Å². The summed E-state index contributed by atoms with van der Waals surface area (Å²) < 4.78 is -0.185. The van der Waals surface area contributed by atoms with E-state index in [2.05, 4.69) is 6.07 Å². The normalized spacial score (nSPS) is 14.3. The largest absolute Gasteiger partial charge is 0.395 e. The first kappa shape index (κ1) is 9.80. The third kappa shape index (κ3) is 3.76. The molecule has 0 rings (SSSR count). The summed E-state index contributed by atoms with van der Waals surface area (Å²) in [5.41, 5.74) is 0. The van der Waals surface area contributed by atoms with Crippen LogP contribution in [0.5, 0.6) is 0 Å². The van der Waals surface area contributed by atoms with Gasteiger partial charge in [-0.15, -0.1) is 11.8 Å². The minimum Gasteiger partial charge on any atom is -0.395 e. The fraction of sp³-hybridized carbons (Fsp3) is 0.857. The first-order valence-electron chi connectivity index (χ1n) is 3.20. The van der Waals surface area contributed by atoms with Gasteiger partial charge in [-0.05, 0) is 20.8 Å². The van der Waals surface area contributed by atoms with Gasteiger partial charge in [-0.3, -0.25) is 0 Å². The Morgan fingerprint density at radius 2 is 2.20 bits per heavy atom. The summed E-state index contributed by atoms with van der Waals surface area (Å²) in [5.74, 6) is 0. The van der Waals surface area contributed by atoms with Crippen molar-refractivity contribution in [3.63, 3.8) is 0 Å². The summed E-state index contributed by atoms with van der Waals surface area (Å²) in [7, 11) is 0. The lowest BCUT2D eigenvalue weighted by Gasteiger charge is -2.21. The van der Waals surface area contributed by atoms with Crippen LogP contribution in [0.2, 0.25) is 0 Å². The topological polar surface area (TPSA) is 44.0 Å².